The Bertz CT molecular complexity index is 5250. The Morgan fingerprint density at radius 1 is 0.517 bits per heavy atom. The SMILES string of the molecule is [2H]c1c([2H])c([2H])c(-c2c([2H])c([2H])c3oc4c(c3c2[2H])N(c2c([2H])c([2H])c([2H])c3c2oc2c([2H])c([2H])c([2H])c([2H])c23)c2c([2H])c(C#N)c([2H])c3c2B4c2c([2H])c([2H])c([2H])c4c2N3c2c([2H])c([2H])c([2H])c3c5c([2H])c([2H])c([2H])c([2H])c5n-4c23)c([2H])c1[2H]. The molecular weight excluding hydrogens is 711 g/mol. The van der Waals surface area contributed by atoms with Crippen molar-refractivity contribution in [1.82, 2.24) is 4.57 Å². The van der Waals surface area contributed by atoms with Crippen molar-refractivity contribution in [2.75, 3.05) is 9.80 Å². The minimum atomic E-state index is -1.93. The third kappa shape index (κ3) is 3.64. The van der Waals surface area contributed by atoms with E-state index in [-0.39, 0.29) is 16.3 Å². The van der Waals surface area contributed by atoms with E-state index < -0.39 is 281 Å². The van der Waals surface area contributed by atoms with Gasteiger partial charge in [-0.25, -0.2) is 0 Å². The Kier molecular flexibility index (Phi) is 2.73. The molecule has 3 aromatic heterocycles. The van der Waals surface area contributed by atoms with Gasteiger partial charge in [0, 0.05) is 38.3 Å². The van der Waals surface area contributed by atoms with Gasteiger partial charge in [-0.1, -0.05) is 109 Å². The molecule has 0 radical (unpaired) electrons. The summed E-state index contributed by atoms with van der Waals surface area (Å²) in [5.41, 5.74) is -10.4. The first-order valence-corrected chi connectivity index (χ1v) is 17.4. The fourth-order valence-corrected chi connectivity index (χ4v) is 8.53. The van der Waals surface area contributed by atoms with E-state index in [1.165, 1.54) is 0 Å². The Labute approximate surface area is 369 Å². The van der Waals surface area contributed by atoms with Crippen LogP contribution in [0.2, 0.25) is 0 Å². The van der Waals surface area contributed by atoms with Crippen LogP contribution in [0, 0.1) is 11.3 Å². The van der Waals surface area contributed by atoms with Crippen molar-refractivity contribution in [1.29, 1.82) is 5.26 Å². The number of nitriles is 1. The Hall–Kier alpha value is -7.95. The maximum atomic E-state index is 11.2. The molecule has 0 bridgehead atoms. The Morgan fingerprint density at radius 3 is 2.07 bits per heavy atom. The summed E-state index contributed by atoms with van der Waals surface area (Å²) in [4.78, 5) is 1.96. The number of nitrogens with zero attached hydrogens (tertiary/aromatic N) is 4. The van der Waals surface area contributed by atoms with Crippen LogP contribution in [0.3, 0.4) is 0 Å². The van der Waals surface area contributed by atoms with E-state index in [0.29, 0.717) is 0 Å². The number of fused-ring (bicyclic) bond motifs is 14. The number of anilines is 6. The van der Waals surface area contributed by atoms with Gasteiger partial charge in [-0.2, -0.15) is 5.26 Å². The van der Waals surface area contributed by atoms with Gasteiger partial charge in [-0.05, 0) is 76.4 Å². The molecule has 8 aromatic carbocycles. The van der Waals surface area contributed by atoms with Crippen LogP contribution < -0.4 is 26.4 Å². The van der Waals surface area contributed by atoms with Crippen molar-refractivity contribution in [3.8, 4) is 22.9 Å². The van der Waals surface area contributed by atoms with Gasteiger partial charge in [0.2, 0.25) is 0 Å². The molecule has 3 aliphatic rings. The number of hydrogen-bond donors (Lipinski definition) is 0. The van der Waals surface area contributed by atoms with E-state index in [1.807, 2.05) is 6.07 Å². The minimum absolute atomic E-state index is 0.336. The highest BCUT2D eigenvalue weighted by molar-refractivity contribution is 7.00. The molecule has 0 unspecified atom stereocenters. The molecule has 6 nitrogen and oxygen atoms in total. The molecule has 0 saturated heterocycles. The smallest absolute Gasteiger partial charge is 0.297 e. The van der Waals surface area contributed by atoms with E-state index in [4.69, 9.17) is 23.9 Å². The second-order valence-electron chi connectivity index (χ2n) is 13.4. The van der Waals surface area contributed by atoms with Crippen LogP contribution in [0.15, 0.2) is 172 Å². The van der Waals surface area contributed by atoms with E-state index in [9.17, 15) is 27.2 Å². The Morgan fingerprint density at radius 2 is 1.21 bits per heavy atom. The summed E-state index contributed by atoms with van der Waals surface area (Å²) in [7, 11) is 0. The van der Waals surface area contributed by atoms with Gasteiger partial charge in [0.15, 0.2) is 5.58 Å². The average molecular weight is 766 g/mol. The maximum Gasteiger partial charge on any atom is 0.297 e. The lowest BCUT2D eigenvalue weighted by Crippen LogP contribution is -2.61. The van der Waals surface area contributed by atoms with Crippen LogP contribution in [0.4, 0.5) is 34.1 Å². The van der Waals surface area contributed by atoms with Crippen LogP contribution in [0.1, 0.15) is 42.6 Å². The molecule has 0 saturated carbocycles. The first-order chi connectivity index (χ1) is 40.0. The maximum absolute atomic E-state index is 11.2. The summed E-state index contributed by atoms with van der Waals surface area (Å²) in [6, 6.07) is -21.2. The Balaban J connectivity index is 1.28. The van der Waals surface area contributed by atoms with Crippen molar-refractivity contribution >= 4 is 112 Å². The molecular formula is C51H27BN4O2. The lowest BCUT2D eigenvalue weighted by atomic mass is 9.35. The average Bonchev–Trinajstić information content (AvgIpc) is 1.65. The number of furan rings is 2. The van der Waals surface area contributed by atoms with E-state index in [0.717, 1.165) is 14.4 Å². The predicted molar refractivity (Wildman–Crippen MR) is 236 cm³/mol. The molecule has 0 amide bonds. The van der Waals surface area contributed by atoms with Crippen LogP contribution in [-0.2, 0) is 0 Å². The second-order valence-corrected chi connectivity index (χ2v) is 13.4. The monoisotopic (exact) mass is 765 g/mol. The summed E-state index contributed by atoms with van der Waals surface area (Å²) < 4.78 is 264. The quantitative estimate of drug-likeness (QED) is 0.164. The normalized spacial score (nSPS) is 19.9. The standard InChI is InChI=1S/C51H27BN4O2/c53-28-29-25-42-46-43(26-29)56(41-21-9-16-35-33-14-5-7-22-44(33)57-50(35)41)48-36-27-31(30-11-2-1-3-12-30)23-24-45(36)58-51(48)52(46)37-17-10-20-40-49(37)55(42)39-19-8-15-34-32-13-4-6-18-38(32)54(40)47(34)39/h1-27H/i1D,2D,3D,4D,5D,6D,7D,8D,9D,10D,11D,12D,13D,14D,15D,16D,17D,18D,19D,20D,21D,22D,23D,24D,25D,26D,27D. The molecule has 0 aliphatic carbocycles. The van der Waals surface area contributed by atoms with Crippen molar-refractivity contribution in [2.24, 2.45) is 0 Å². The molecule has 58 heavy (non-hydrogen) atoms. The van der Waals surface area contributed by atoms with Crippen molar-refractivity contribution < 1.29 is 45.8 Å². The molecule has 6 heterocycles. The topological polar surface area (TPSA) is 61.5 Å². The summed E-state index contributed by atoms with van der Waals surface area (Å²) in [5.74, 6) is 0. The zero-order valence-corrected chi connectivity index (χ0v) is 28.7. The van der Waals surface area contributed by atoms with Crippen LogP contribution in [0.25, 0.3) is 71.5 Å². The van der Waals surface area contributed by atoms with Gasteiger partial charge in [0.1, 0.15) is 11.2 Å². The third-order valence-corrected chi connectivity index (χ3v) is 10.7. The molecule has 7 heteroatoms. The third-order valence-electron chi connectivity index (χ3n) is 10.7. The zero-order valence-electron chi connectivity index (χ0n) is 55.7. The van der Waals surface area contributed by atoms with E-state index in [1.54, 1.807) is 0 Å². The summed E-state index contributed by atoms with van der Waals surface area (Å²) in [6.07, 6.45) is 0. The number of benzene rings is 8. The molecule has 0 fully saturated rings. The van der Waals surface area contributed by atoms with Crippen molar-refractivity contribution in [2.45, 2.75) is 0 Å². The van der Waals surface area contributed by atoms with Gasteiger partial charge in [-0.3, -0.25) is 0 Å². The van der Waals surface area contributed by atoms with E-state index >= 15 is 0 Å². The fraction of sp³-hybridized carbons (Fsp3) is 0. The molecule has 11 aromatic rings. The fourth-order valence-electron chi connectivity index (χ4n) is 8.53. The summed E-state index contributed by atoms with van der Waals surface area (Å²) in [5, 5.41) is 8.90. The van der Waals surface area contributed by atoms with Crippen LogP contribution in [0.5, 0.6) is 0 Å². The minimum Gasteiger partial charge on any atom is -0.468 e. The number of para-hydroxylation sites is 5. The predicted octanol–water partition coefficient (Wildman–Crippen LogP) is 11.4. The van der Waals surface area contributed by atoms with Crippen LogP contribution >= 0.6 is 0 Å². The summed E-state index contributed by atoms with van der Waals surface area (Å²) in [6.45, 7) is -1.93. The van der Waals surface area contributed by atoms with Crippen LogP contribution in [-0.4, -0.2) is 11.3 Å². The molecule has 14 rings (SSSR count). The highest BCUT2D eigenvalue weighted by atomic mass is 16.3. The van der Waals surface area contributed by atoms with Gasteiger partial charge >= 0.3 is 0 Å². The first-order valence-electron chi connectivity index (χ1n) is 30.9. The number of rotatable bonds is 2. The second kappa shape index (κ2) is 10.7. The lowest BCUT2D eigenvalue weighted by molar-refractivity contribution is 0.651. The molecule has 0 atom stereocenters. The molecule has 0 N–H and O–H groups in total. The molecule has 266 valence electrons. The van der Waals surface area contributed by atoms with Gasteiger partial charge < -0.3 is 23.2 Å². The largest absolute Gasteiger partial charge is 0.468 e. The molecule has 0 spiro atoms. The number of aromatic nitrogens is 1. The summed E-state index contributed by atoms with van der Waals surface area (Å²) >= 11 is 0. The van der Waals surface area contributed by atoms with Gasteiger partial charge in [0.05, 0.1) is 93.8 Å². The highest BCUT2D eigenvalue weighted by Gasteiger charge is 2.49. The lowest BCUT2D eigenvalue weighted by Gasteiger charge is -2.44. The highest BCUT2D eigenvalue weighted by Crippen LogP contribution is 2.54. The first kappa shape index (κ1) is 14.9. The van der Waals surface area contributed by atoms with Gasteiger partial charge in [-0.15, -0.1) is 0 Å². The zero-order chi connectivity index (χ0) is 61.3. The van der Waals surface area contributed by atoms with Gasteiger partial charge in [0.25, 0.3) is 6.71 Å². The molecule has 3 aliphatic heterocycles. The van der Waals surface area contributed by atoms with Crippen molar-refractivity contribution in [3.05, 3.63) is 169 Å². The van der Waals surface area contributed by atoms with E-state index in [2.05, 4.69) is 0 Å². The van der Waals surface area contributed by atoms with Crippen molar-refractivity contribution in [3.63, 3.8) is 0 Å². The number of hydrogen-bond acceptors (Lipinski definition) is 5.